The van der Waals surface area contributed by atoms with E-state index in [0.29, 0.717) is 18.2 Å². The molecule has 0 saturated carbocycles. The molecule has 0 aliphatic heterocycles. The van der Waals surface area contributed by atoms with Crippen LogP contribution in [0.2, 0.25) is 0 Å². The van der Waals surface area contributed by atoms with E-state index in [4.69, 9.17) is 25.4 Å². The van der Waals surface area contributed by atoms with E-state index in [1.54, 1.807) is 0 Å². The van der Waals surface area contributed by atoms with Crippen LogP contribution < -0.4 is 46.5 Å². The molecule has 0 saturated heterocycles. The fourth-order valence-corrected chi connectivity index (χ4v) is 4.05. The van der Waals surface area contributed by atoms with Crippen molar-refractivity contribution in [2.45, 2.75) is 57.3 Å². The minimum Gasteiger partial charge on any atom is -0.857 e. The third kappa shape index (κ3) is 27.6. The van der Waals surface area contributed by atoms with E-state index < -0.39 is 82.6 Å². The Balaban J connectivity index is -0.000000389. The number of carbonyl (C=O) groups is 4. The molecular weight excluding hydrogens is 954 g/mol. The molecule has 4 rings (SSSR count). The molecule has 1 amide bonds. The maximum atomic E-state index is 12.7. The summed E-state index contributed by atoms with van der Waals surface area (Å²) in [7, 11) is 2.91. The zero-order valence-electron chi connectivity index (χ0n) is 36.0. The first-order valence-electron chi connectivity index (χ1n) is 17.4. The molecule has 0 spiro atoms. The zero-order chi connectivity index (χ0) is 50.8. The van der Waals surface area contributed by atoms with E-state index in [1.807, 2.05) is 0 Å². The second kappa shape index (κ2) is 33.0. The van der Waals surface area contributed by atoms with Gasteiger partial charge < -0.3 is 36.3 Å². The van der Waals surface area contributed by atoms with Gasteiger partial charge in [-0.3, -0.25) is 34.1 Å². The van der Waals surface area contributed by atoms with Crippen LogP contribution in [0.25, 0.3) is 0 Å². The third-order valence-electron chi connectivity index (χ3n) is 6.70. The Hall–Kier alpha value is -5.55. The van der Waals surface area contributed by atoms with Gasteiger partial charge in [-0.05, 0) is 56.3 Å². The predicted molar refractivity (Wildman–Crippen MR) is 201 cm³/mol. The van der Waals surface area contributed by atoms with Crippen molar-refractivity contribution >= 4 is 23.8 Å². The number of esters is 3. The fraction of sp³-hybridized carbons (Fsp3) is 0.368. The number of amides is 1. The number of alkyl halides is 12. The molecule has 0 atom stereocenters. The van der Waals surface area contributed by atoms with Gasteiger partial charge in [0.05, 0.1) is 72.5 Å². The Morgan fingerprint density at radius 1 is 0.612 bits per heavy atom. The number of aliphatic hydroxyl groups excluding tert-OH is 1. The first-order chi connectivity index (χ1) is 30.1. The summed E-state index contributed by atoms with van der Waals surface area (Å²) in [5.74, 6) is -6.09. The molecule has 6 N–H and O–H groups in total. The summed E-state index contributed by atoms with van der Waals surface area (Å²) in [5, 5.41) is 15.2. The van der Waals surface area contributed by atoms with Crippen molar-refractivity contribution in [2.24, 2.45) is 5.73 Å². The van der Waals surface area contributed by atoms with Gasteiger partial charge in [0.25, 0.3) is 0 Å². The third-order valence-corrected chi connectivity index (χ3v) is 6.70. The minimum atomic E-state index is -4.61. The smallest absolute Gasteiger partial charge is 0.857 e. The molecule has 0 bridgehead atoms. The van der Waals surface area contributed by atoms with Gasteiger partial charge in [0.1, 0.15) is 0 Å². The standard InChI is InChI=1S/C13H14F3NO4.C9H8F3NO2.C8H7F3N2O.C6H3F4N.CH4O.CH3O.H3N.Na/c1-3-20-11(18)10(12(19)21-4-2)9-7-8(5-6-17-9)13(14,15)16;1-15-8(14)5-7-4-6(2-3-13-7)9(10,11)12;9-8(10,11)5-1-2-13-6(3-5)4-7(12)14;7-5-3-4(1-2-11-5)6(8,9)10;2*1-2;;/h5-7,10H,3-4H2,1-2H3;2-4H,5H2,1H3;1-3H,4H2,(H2,12,14);1-3H;2H,1H3;1H3;1H3;/q;;;;;-1;;+1. The molecular formula is C38H42F13N6NaO9. The largest absolute Gasteiger partial charge is 1.00 e. The SMILES string of the molecule is CCOC(=O)C(C(=O)OCC)c1cc(C(F)(F)F)ccn1.CO.COC(=O)Cc1cc(C(F)(F)F)ccn1.C[O-].Fc1cc(C(F)(F)F)ccn1.N.NC(=O)Cc1cc(C(F)(F)F)ccn1.[Na+]. The Bertz CT molecular complexity index is 2060. The second-order valence-corrected chi connectivity index (χ2v) is 11.2. The quantitative estimate of drug-likeness (QED) is 0.0544. The van der Waals surface area contributed by atoms with E-state index in [-0.39, 0.29) is 78.8 Å². The van der Waals surface area contributed by atoms with Crippen LogP contribution in [0.15, 0.2) is 73.3 Å². The summed E-state index contributed by atoms with van der Waals surface area (Å²) < 4.78 is 172. The number of rotatable bonds is 9. The van der Waals surface area contributed by atoms with Gasteiger partial charge >= 0.3 is 72.2 Å². The van der Waals surface area contributed by atoms with Crippen molar-refractivity contribution in [3.63, 3.8) is 0 Å². The molecule has 4 aromatic rings. The van der Waals surface area contributed by atoms with E-state index >= 15 is 0 Å². The minimum absolute atomic E-state index is 0. The van der Waals surface area contributed by atoms with Crippen molar-refractivity contribution < 1.29 is 130 Å². The molecule has 370 valence electrons. The predicted octanol–water partition coefficient (Wildman–Crippen LogP) is 3.24. The van der Waals surface area contributed by atoms with Crippen LogP contribution in [0, 0.1) is 5.95 Å². The molecule has 0 aromatic carbocycles. The average Bonchev–Trinajstić information content (AvgIpc) is 3.22. The Morgan fingerprint density at radius 2 is 0.940 bits per heavy atom. The van der Waals surface area contributed by atoms with Crippen molar-refractivity contribution in [1.82, 2.24) is 26.1 Å². The molecule has 29 heteroatoms. The number of nitrogens with two attached hydrogens (primary N) is 1. The number of nitrogens with zero attached hydrogens (tertiary/aromatic N) is 4. The normalized spacial score (nSPS) is 10.5. The van der Waals surface area contributed by atoms with E-state index in [2.05, 4.69) is 24.7 Å². The first-order valence-corrected chi connectivity index (χ1v) is 17.4. The van der Waals surface area contributed by atoms with Crippen LogP contribution in [0.1, 0.15) is 59.1 Å². The number of aromatic nitrogens is 4. The summed E-state index contributed by atoms with van der Waals surface area (Å²) in [6.07, 6.45) is -14.8. The van der Waals surface area contributed by atoms with Gasteiger partial charge in [-0.15, -0.1) is 0 Å². The van der Waals surface area contributed by atoms with Crippen molar-refractivity contribution in [3.8, 4) is 0 Å². The van der Waals surface area contributed by atoms with E-state index in [0.717, 1.165) is 76.4 Å². The number of hydrogen-bond acceptors (Lipinski definition) is 14. The maximum Gasteiger partial charge on any atom is 1.00 e. The Morgan fingerprint density at radius 3 is 1.25 bits per heavy atom. The van der Waals surface area contributed by atoms with Gasteiger partial charge in [0.15, 0.2) is 5.92 Å². The summed E-state index contributed by atoms with van der Waals surface area (Å²) in [4.78, 5) is 58.7. The summed E-state index contributed by atoms with van der Waals surface area (Å²) >= 11 is 0. The van der Waals surface area contributed by atoms with Crippen LogP contribution >= 0.6 is 0 Å². The number of pyridine rings is 4. The van der Waals surface area contributed by atoms with Crippen LogP contribution in [-0.2, 0) is 70.9 Å². The van der Waals surface area contributed by atoms with Crippen molar-refractivity contribution in [3.05, 3.63) is 119 Å². The summed E-state index contributed by atoms with van der Waals surface area (Å²) in [6, 6.07) is 5.77. The fourth-order valence-electron chi connectivity index (χ4n) is 4.05. The maximum absolute atomic E-state index is 12.7. The number of halogens is 13. The molecule has 0 fully saturated rings. The van der Waals surface area contributed by atoms with Gasteiger partial charge in [0.2, 0.25) is 11.9 Å². The number of methoxy groups -OCH3 is 1. The molecule has 0 aliphatic rings. The summed E-state index contributed by atoms with van der Waals surface area (Å²) in [6.45, 7) is 2.99. The monoisotopic (exact) mass is 996 g/mol. The Kier molecular flexibility index (Phi) is 33.5. The van der Waals surface area contributed by atoms with E-state index in [1.165, 1.54) is 13.8 Å². The van der Waals surface area contributed by atoms with Crippen molar-refractivity contribution in [2.75, 3.05) is 34.5 Å². The molecule has 0 unspecified atom stereocenters. The second-order valence-electron chi connectivity index (χ2n) is 11.2. The van der Waals surface area contributed by atoms with Crippen LogP contribution in [0.3, 0.4) is 0 Å². The molecule has 4 aromatic heterocycles. The Labute approximate surface area is 395 Å². The number of aliphatic hydroxyl groups is 1. The van der Waals surface area contributed by atoms with Gasteiger partial charge in [-0.1, -0.05) is 0 Å². The number of hydrogen-bond donors (Lipinski definition) is 3. The number of carbonyl (C=O) groups excluding carboxylic acids is 4. The van der Waals surface area contributed by atoms with Crippen LogP contribution in [0.4, 0.5) is 57.1 Å². The number of ether oxygens (including phenoxy) is 3. The van der Waals surface area contributed by atoms with E-state index in [9.17, 15) is 76.3 Å². The first kappa shape index (κ1) is 68.0. The molecule has 15 nitrogen and oxygen atoms in total. The van der Waals surface area contributed by atoms with Gasteiger partial charge in [-0.2, -0.15) is 64.2 Å². The molecule has 4 heterocycles. The van der Waals surface area contributed by atoms with Crippen molar-refractivity contribution in [1.29, 1.82) is 0 Å². The average molecular weight is 997 g/mol. The van der Waals surface area contributed by atoms with Crippen LogP contribution in [0.5, 0.6) is 0 Å². The van der Waals surface area contributed by atoms with Gasteiger partial charge in [0, 0.05) is 38.0 Å². The molecule has 0 aliphatic carbocycles. The molecule has 0 radical (unpaired) electrons. The van der Waals surface area contributed by atoms with Gasteiger partial charge in [-0.25, -0.2) is 4.98 Å². The van der Waals surface area contributed by atoms with Crippen LogP contribution in [-0.4, -0.2) is 83.4 Å². The summed E-state index contributed by atoms with van der Waals surface area (Å²) in [5.41, 5.74) is 0.839. The number of primary amides is 1. The topological polar surface area (TPSA) is 252 Å². The zero-order valence-corrected chi connectivity index (χ0v) is 38.0. The molecule has 67 heavy (non-hydrogen) atoms.